The highest BCUT2D eigenvalue weighted by atomic mass is 16.5. The molecule has 2 unspecified atom stereocenters. The van der Waals surface area contributed by atoms with E-state index in [0.717, 1.165) is 18.6 Å². The zero-order chi connectivity index (χ0) is 14.0. The first kappa shape index (κ1) is 16.3. The molecule has 0 bridgehead atoms. The monoisotopic (exact) mass is 281 g/mol. The van der Waals surface area contributed by atoms with E-state index < -0.39 is 0 Å². The molecule has 0 aromatic carbocycles. The first-order valence-corrected chi connectivity index (χ1v) is 9.25. The molecule has 1 N–H and O–H groups in total. The quantitative estimate of drug-likeness (QED) is 0.684. The number of rotatable bonds is 7. The largest absolute Gasteiger partial charge is 0.378 e. The van der Waals surface area contributed by atoms with Crippen molar-refractivity contribution in [3.05, 3.63) is 0 Å². The smallest absolute Gasteiger partial charge is 0.0575 e. The van der Waals surface area contributed by atoms with Crippen LogP contribution < -0.4 is 5.32 Å². The van der Waals surface area contributed by atoms with Crippen molar-refractivity contribution < 1.29 is 4.74 Å². The predicted octanol–water partition coefficient (Wildman–Crippen LogP) is 4.67. The van der Waals surface area contributed by atoms with E-state index in [1.54, 1.807) is 0 Å². The molecule has 0 radical (unpaired) electrons. The van der Waals surface area contributed by atoms with E-state index in [0.29, 0.717) is 6.10 Å². The van der Waals surface area contributed by atoms with Crippen molar-refractivity contribution in [3.63, 3.8) is 0 Å². The Labute approximate surface area is 126 Å². The van der Waals surface area contributed by atoms with Gasteiger partial charge < -0.3 is 10.1 Å². The Balaban J connectivity index is 1.78. The van der Waals surface area contributed by atoms with Gasteiger partial charge in [0.25, 0.3) is 0 Å². The predicted molar refractivity (Wildman–Crippen MR) is 86.1 cm³/mol. The summed E-state index contributed by atoms with van der Waals surface area (Å²) in [6.45, 7) is 4.47. The average molecular weight is 281 g/mol. The minimum atomic E-state index is 0.556. The molecular weight excluding hydrogens is 246 g/mol. The Morgan fingerprint density at radius 3 is 2.40 bits per heavy atom. The molecule has 2 aliphatic rings. The molecule has 0 aromatic heterocycles. The van der Waals surface area contributed by atoms with Gasteiger partial charge in [0, 0.05) is 12.6 Å². The highest BCUT2D eigenvalue weighted by Crippen LogP contribution is 2.28. The van der Waals surface area contributed by atoms with Crippen molar-refractivity contribution in [1.82, 2.24) is 5.32 Å². The number of nitrogens with one attached hydrogen (secondary N) is 1. The van der Waals surface area contributed by atoms with Crippen LogP contribution in [0.2, 0.25) is 0 Å². The second-order valence-electron chi connectivity index (χ2n) is 6.88. The van der Waals surface area contributed by atoms with Gasteiger partial charge in [0.1, 0.15) is 0 Å². The van der Waals surface area contributed by atoms with E-state index in [1.165, 1.54) is 83.6 Å². The lowest BCUT2D eigenvalue weighted by Gasteiger charge is -2.30. The van der Waals surface area contributed by atoms with E-state index in [1.807, 2.05) is 0 Å². The third-order valence-electron chi connectivity index (χ3n) is 5.20. The minimum Gasteiger partial charge on any atom is -0.378 e. The molecule has 1 heterocycles. The van der Waals surface area contributed by atoms with Gasteiger partial charge in [-0.1, -0.05) is 32.6 Å². The third kappa shape index (κ3) is 5.73. The molecule has 20 heavy (non-hydrogen) atoms. The molecule has 1 saturated carbocycles. The fourth-order valence-electron chi connectivity index (χ4n) is 3.95. The summed E-state index contributed by atoms with van der Waals surface area (Å²) in [7, 11) is 0. The van der Waals surface area contributed by atoms with Crippen molar-refractivity contribution in [2.45, 2.75) is 96.1 Å². The van der Waals surface area contributed by atoms with E-state index in [9.17, 15) is 0 Å². The molecule has 1 aliphatic heterocycles. The Hall–Kier alpha value is -0.0800. The van der Waals surface area contributed by atoms with Crippen LogP contribution in [0.5, 0.6) is 0 Å². The van der Waals surface area contributed by atoms with E-state index >= 15 is 0 Å². The van der Waals surface area contributed by atoms with Crippen LogP contribution in [0.3, 0.4) is 0 Å². The van der Waals surface area contributed by atoms with Crippen molar-refractivity contribution in [2.75, 3.05) is 13.2 Å². The van der Waals surface area contributed by atoms with Gasteiger partial charge in [-0.05, 0) is 63.8 Å². The standard InChI is InChI=1S/C18H35NO/c1-2-14-19-18(16-9-5-3-4-6-10-16)13-12-17-11-7-8-15-20-17/h16-19H,2-15H2,1H3. The maximum absolute atomic E-state index is 5.92. The molecule has 2 heteroatoms. The Morgan fingerprint density at radius 1 is 1.00 bits per heavy atom. The average Bonchev–Trinajstić information content (AvgIpc) is 2.78. The minimum absolute atomic E-state index is 0.556. The van der Waals surface area contributed by atoms with Gasteiger partial charge in [0.2, 0.25) is 0 Å². The zero-order valence-corrected chi connectivity index (χ0v) is 13.5. The van der Waals surface area contributed by atoms with Crippen LogP contribution >= 0.6 is 0 Å². The first-order valence-electron chi connectivity index (χ1n) is 9.25. The summed E-state index contributed by atoms with van der Waals surface area (Å²) in [5, 5.41) is 3.85. The van der Waals surface area contributed by atoms with Gasteiger partial charge in [-0.3, -0.25) is 0 Å². The molecule has 118 valence electrons. The van der Waals surface area contributed by atoms with Gasteiger partial charge in [-0.25, -0.2) is 0 Å². The lowest BCUT2D eigenvalue weighted by molar-refractivity contribution is 0.00730. The summed E-state index contributed by atoms with van der Waals surface area (Å²) >= 11 is 0. The van der Waals surface area contributed by atoms with E-state index in [-0.39, 0.29) is 0 Å². The van der Waals surface area contributed by atoms with Gasteiger partial charge in [0.05, 0.1) is 6.10 Å². The normalized spacial score (nSPS) is 27.1. The highest BCUT2D eigenvalue weighted by molar-refractivity contribution is 4.80. The molecule has 2 fully saturated rings. The van der Waals surface area contributed by atoms with Crippen LogP contribution in [-0.2, 0) is 4.74 Å². The fraction of sp³-hybridized carbons (Fsp3) is 1.00. The lowest BCUT2D eigenvalue weighted by atomic mass is 9.87. The van der Waals surface area contributed by atoms with E-state index in [4.69, 9.17) is 4.74 Å². The topological polar surface area (TPSA) is 21.3 Å². The van der Waals surface area contributed by atoms with Crippen molar-refractivity contribution in [3.8, 4) is 0 Å². The Bertz CT molecular complexity index is 230. The summed E-state index contributed by atoms with van der Waals surface area (Å²) in [6.07, 6.45) is 17.1. The first-order chi connectivity index (χ1) is 9.90. The fourth-order valence-corrected chi connectivity index (χ4v) is 3.95. The van der Waals surface area contributed by atoms with Gasteiger partial charge in [0.15, 0.2) is 0 Å². The summed E-state index contributed by atoms with van der Waals surface area (Å²) < 4.78 is 5.92. The summed E-state index contributed by atoms with van der Waals surface area (Å²) in [5.74, 6) is 0.924. The van der Waals surface area contributed by atoms with Crippen LogP contribution in [0.15, 0.2) is 0 Å². The SMILES string of the molecule is CCCNC(CCC1CCCCO1)C1CCCCCC1. The molecule has 2 atom stereocenters. The third-order valence-corrected chi connectivity index (χ3v) is 5.20. The highest BCUT2D eigenvalue weighted by Gasteiger charge is 2.24. The molecule has 0 aromatic rings. The van der Waals surface area contributed by atoms with Crippen LogP contribution in [0.25, 0.3) is 0 Å². The molecule has 2 rings (SSSR count). The zero-order valence-electron chi connectivity index (χ0n) is 13.5. The van der Waals surface area contributed by atoms with E-state index in [2.05, 4.69) is 12.2 Å². The molecule has 0 amide bonds. The van der Waals surface area contributed by atoms with Crippen LogP contribution in [0, 0.1) is 5.92 Å². The molecule has 2 nitrogen and oxygen atoms in total. The molecular formula is C18H35NO. The number of hydrogen-bond acceptors (Lipinski definition) is 2. The van der Waals surface area contributed by atoms with Crippen molar-refractivity contribution in [1.29, 1.82) is 0 Å². The number of hydrogen-bond donors (Lipinski definition) is 1. The van der Waals surface area contributed by atoms with Crippen LogP contribution in [-0.4, -0.2) is 25.3 Å². The molecule has 0 spiro atoms. The maximum atomic E-state index is 5.92. The van der Waals surface area contributed by atoms with Gasteiger partial charge in [-0.15, -0.1) is 0 Å². The summed E-state index contributed by atoms with van der Waals surface area (Å²) in [4.78, 5) is 0. The Kier molecular flexibility index (Phi) is 7.97. The second kappa shape index (κ2) is 9.78. The number of ether oxygens (including phenoxy) is 1. The second-order valence-corrected chi connectivity index (χ2v) is 6.88. The van der Waals surface area contributed by atoms with Gasteiger partial charge >= 0.3 is 0 Å². The van der Waals surface area contributed by atoms with Crippen molar-refractivity contribution in [2.24, 2.45) is 5.92 Å². The molecule has 1 saturated heterocycles. The van der Waals surface area contributed by atoms with Crippen LogP contribution in [0.1, 0.15) is 84.0 Å². The van der Waals surface area contributed by atoms with Gasteiger partial charge in [-0.2, -0.15) is 0 Å². The summed E-state index contributed by atoms with van der Waals surface area (Å²) in [6, 6.07) is 0.749. The van der Waals surface area contributed by atoms with Crippen molar-refractivity contribution >= 4 is 0 Å². The lowest BCUT2D eigenvalue weighted by Crippen LogP contribution is -2.37. The summed E-state index contributed by atoms with van der Waals surface area (Å²) in [5.41, 5.74) is 0. The molecule has 1 aliphatic carbocycles. The Morgan fingerprint density at radius 2 is 1.75 bits per heavy atom. The van der Waals surface area contributed by atoms with Crippen LogP contribution in [0.4, 0.5) is 0 Å². The maximum Gasteiger partial charge on any atom is 0.0575 e.